The number of nitrogens with zero attached hydrogens (tertiary/aromatic N) is 2. The van der Waals surface area contributed by atoms with E-state index < -0.39 is 0 Å². The second kappa shape index (κ2) is 21.7. The van der Waals surface area contributed by atoms with Gasteiger partial charge in [0, 0.05) is 18.3 Å². The molecule has 186 valence electrons. The van der Waals surface area contributed by atoms with Crippen LogP contribution in [0.2, 0.25) is 0 Å². The number of unbranched alkanes of at least 4 members (excludes halogenated alkanes) is 18. The molecule has 1 rings (SSSR count). The molecule has 0 aliphatic rings. The molecule has 0 amide bonds. The highest BCUT2D eigenvalue weighted by atomic mass is 16.2. The maximum atomic E-state index is 12.9. The highest BCUT2D eigenvalue weighted by Gasteiger charge is 2.19. The van der Waals surface area contributed by atoms with Gasteiger partial charge in [-0.05, 0) is 12.8 Å². The molecule has 0 aromatic carbocycles. The van der Waals surface area contributed by atoms with E-state index in [0.717, 1.165) is 12.8 Å². The quantitative estimate of drug-likeness (QED) is 0.157. The lowest BCUT2D eigenvalue weighted by Gasteiger charge is -2.16. The van der Waals surface area contributed by atoms with Gasteiger partial charge in [0.25, 0.3) is 0 Å². The molecule has 0 bridgehead atoms. The fraction of sp³-hybridized carbons (Fsp3) is 0.862. The topological polar surface area (TPSA) is 34.9 Å². The van der Waals surface area contributed by atoms with Gasteiger partial charge in [0.2, 0.25) is 5.91 Å². The van der Waals surface area contributed by atoms with Gasteiger partial charge in [0.15, 0.2) is 0 Å². The summed E-state index contributed by atoms with van der Waals surface area (Å²) in [5, 5.41) is 0. The molecule has 0 spiro atoms. The monoisotopic (exact) mass is 446 g/mol. The first-order valence-electron chi connectivity index (χ1n) is 14.3. The van der Waals surface area contributed by atoms with E-state index >= 15 is 0 Å². The van der Waals surface area contributed by atoms with Crippen LogP contribution in [0.25, 0.3) is 0 Å². The number of hydrogen-bond donors (Lipinski definition) is 0. The SMILES string of the molecule is CCCCCCCCCCCCCC(CCCCCCCCCCC)C(=O)n1ccnc1. The minimum Gasteiger partial charge on any atom is -0.276 e. The summed E-state index contributed by atoms with van der Waals surface area (Å²) in [5.41, 5.74) is 0. The van der Waals surface area contributed by atoms with E-state index in [2.05, 4.69) is 18.8 Å². The third kappa shape index (κ3) is 15.6. The molecule has 1 heterocycles. The third-order valence-electron chi connectivity index (χ3n) is 6.92. The van der Waals surface area contributed by atoms with Crippen LogP contribution in [0.1, 0.15) is 160 Å². The Bertz CT molecular complexity index is 511. The van der Waals surface area contributed by atoms with Crippen LogP contribution in [-0.2, 0) is 0 Å². The Labute approximate surface area is 200 Å². The van der Waals surface area contributed by atoms with E-state index in [0.29, 0.717) is 0 Å². The Kier molecular flexibility index (Phi) is 19.6. The van der Waals surface area contributed by atoms with Gasteiger partial charge in [-0.3, -0.25) is 9.36 Å². The first kappa shape index (κ1) is 28.9. The third-order valence-corrected chi connectivity index (χ3v) is 6.92. The molecule has 3 nitrogen and oxygen atoms in total. The molecule has 0 saturated carbocycles. The predicted molar refractivity (Wildman–Crippen MR) is 139 cm³/mol. The number of rotatable bonds is 23. The number of hydrogen-bond acceptors (Lipinski definition) is 2. The highest BCUT2D eigenvalue weighted by Crippen LogP contribution is 2.21. The van der Waals surface area contributed by atoms with Crippen LogP contribution in [-0.4, -0.2) is 15.5 Å². The molecular formula is C29H54N2O. The molecule has 1 unspecified atom stereocenters. The van der Waals surface area contributed by atoms with Crippen LogP contribution in [0, 0.1) is 5.92 Å². The molecule has 0 aliphatic carbocycles. The second-order valence-electron chi connectivity index (χ2n) is 9.95. The van der Waals surface area contributed by atoms with Crippen molar-refractivity contribution in [3.8, 4) is 0 Å². The summed E-state index contributed by atoms with van der Waals surface area (Å²) in [5.74, 6) is 0.432. The van der Waals surface area contributed by atoms with Crippen LogP contribution in [0.5, 0.6) is 0 Å². The van der Waals surface area contributed by atoms with E-state index in [1.807, 2.05) is 6.20 Å². The van der Waals surface area contributed by atoms with Crippen molar-refractivity contribution in [1.29, 1.82) is 0 Å². The molecule has 3 heteroatoms. The summed E-state index contributed by atoms with van der Waals surface area (Å²) in [6.45, 7) is 4.56. The Balaban J connectivity index is 2.14. The van der Waals surface area contributed by atoms with E-state index in [1.165, 1.54) is 128 Å². The van der Waals surface area contributed by atoms with Crippen LogP contribution < -0.4 is 0 Å². The molecular weight excluding hydrogens is 392 g/mol. The normalized spacial score (nSPS) is 12.3. The average molecular weight is 447 g/mol. The van der Waals surface area contributed by atoms with Crippen LogP contribution in [0.4, 0.5) is 0 Å². The van der Waals surface area contributed by atoms with Gasteiger partial charge in [-0.2, -0.15) is 0 Å². The summed E-state index contributed by atoms with van der Waals surface area (Å²) >= 11 is 0. The van der Waals surface area contributed by atoms with Crippen molar-refractivity contribution < 1.29 is 4.79 Å². The first-order chi connectivity index (χ1) is 15.8. The standard InChI is InChI=1S/C29H54N2O/c1-3-5-7-9-11-13-14-16-18-20-22-24-28(29(32)31-26-25-30-27-31)23-21-19-17-15-12-10-8-6-4-2/h25-28H,3-24H2,1-2H3. The molecule has 1 aromatic rings. The minimum absolute atomic E-state index is 0.173. The maximum absolute atomic E-state index is 12.9. The summed E-state index contributed by atoms with van der Waals surface area (Å²) in [7, 11) is 0. The Hall–Kier alpha value is -1.12. The van der Waals surface area contributed by atoms with Crippen molar-refractivity contribution in [3.63, 3.8) is 0 Å². The van der Waals surface area contributed by atoms with Gasteiger partial charge in [-0.1, -0.05) is 142 Å². The van der Waals surface area contributed by atoms with Crippen molar-refractivity contribution >= 4 is 5.91 Å². The van der Waals surface area contributed by atoms with Crippen molar-refractivity contribution in [2.45, 2.75) is 155 Å². The van der Waals surface area contributed by atoms with Crippen molar-refractivity contribution in [3.05, 3.63) is 18.7 Å². The zero-order valence-corrected chi connectivity index (χ0v) is 21.7. The van der Waals surface area contributed by atoms with Gasteiger partial charge in [0.05, 0.1) is 0 Å². The Morgan fingerprint density at radius 2 is 1.00 bits per heavy atom. The van der Waals surface area contributed by atoms with E-state index in [-0.39, 0.29) is 11.8 Å². The Morgan fingerprint density at radius 1 is 0.625 bits per heavy atom. The smallest absolute Gasteiger partial charge is 0.234 e. The van der Waals surface area contributed by atoms with Gasteiger partial charge >= 0.3 is 0 Å². The second-order valence-corrected chi connectivity index (χ2v) is 9.95. The van der Waals surface area contributed by atoms with Gasteiger partial charge in [0.1, 0.15) is 6.33 Å². The largest absolute Gasteiger partial charge is 0.276 e. The average Bonchev–Trinajstić information content (AvgIpc) is 3.34. The van der Waals surface area contributed by atoms with Gasteiger partial charge < -0.3 is 0 Å². The molecule has 0 aliphatic heterocycles. The van der Waals surface area contributed by atoms with Crippen molar-refractivity contribution in [1.82, 2.24) is 9.55 Å². The molecule has 0 radical (unpaired) electrons. The molecule has 0 N–H and O–H groups in total. The minimum atomic E-state index is 0.173. The summed E-state index contributed by atoms with van der Waals surface area (Å²) < 4.78 is 1.71. The number of imidazole rings is 1. The molecule has 0 fully saturated rings. The summed E-state index contributed by atoms with van der Waals surface area (Å²) in [4.78, 5) is 17.0. The molecule has 1 atom stereocenters. The van der Waals surface area contributed by atoms with Gasteiger partial charge in [-0.25, -0.2) is 4.98 Å². The predicted octanol–water partition coefficient (Wildman–Crippen LogP) is 9.76. The van der Waals surface area contributed by atoms with E-state index in [4.69, 9.17) is 0 Å². The van der Waals surface area contributed by atoms with E-state index in [9.17, 15) is 4.79 Å². The van der Waals surface area contributed by atoms with E-state index in [1.54, 1.807) is 17.1 Å². The number of carbonyl (C=O) groups is 1. The molecule has 32 heavy (non-hydrogen) atoms. The fourth-order valence-corrected chi connectivity index (χ4v) is 4.75. The zero-order chi connectivity index (χ0) is 23.1. The zero-order valence-electron chi connectivity index (χ0n) is 21.7. The lowest BCUT2D eigenvalue weighted by molar-refractivity contribution is 0.0814. The van der Waals surface area contributed by atoms with Crippen LogP contribution in [0.3, 0.4) is 0 Å². The highest BCUT2D eigenvalue weighted by molar-refractivity contribution is 5.81. The summed E-state index contributed by atoms with van der Waals surface area (Å²) in [6.07, 6.45) is 34.3. The van der Waals surface area contributed by atoms with Crippen LogP contribution in [0.15, 0.2) is 18.7 Å². The first-order valence-corrected chi connectivity index (χ1v) is 14.3. The van der Waals surface area contributed by atoms with Crippen molar-refractivity contribution in [2.75, 3.05) is 0 Å². The fourth-order valence-electron chi connectivity index (χ4n) is 4.75. The Morgan fingerprint density at radius 3 is 1.34 bits per heavy atom. The lowest BCUT2D eigenvalue weighted by atomic mass is 9.93. The lowest BCUT2D eigenvalue weighted by Crippen LogP contribution is -2.21. The summed E-state index contributed by atoms with van der Waals surface area (Å²) in [6, 6.07) is 0. The van der Waals surface area contributed by atoms with Crippen molar-refractivity contribution in [2.24, 2.45) is 5.92 Å². The number of aromatic nitrogens is 2. The maximum Gasteiger partial charge on any atom is 0.234 e. The molecule has 0 saturated heterocycles. The van der Waals surface area contributed by atoms with Crippen LogP contribution >= 0.6 is 0 Å². The van der Waals surface area contributed by atoms with Gasteiger partial charge in [-0.15, -0.1) is 0 Å². The number of carbonyl (C=O) groups excluding carboxylic acids is 1. The molecule has 1 aromatic heterocycles.